The minimum Gasteiger partial charge on any atom is -0.354 e. The largest absolute Gasteiger partial charge is 0.354 e. The third kappa shape index (κ3) is 6.14. The lowest BCUT2D eigenvalue weighted by Gasteiger charge is -2.36. The van der Waals surface area contributed by atoms with Crippen LogP contribution in [0, 0.1) is 0 Å². The fourth-order valence-corrected chi connectivity index (χ4v) is 5.33. The first-order chi connectivity index (χ1) is 17.1. The lowest BCUT2D eigenvalue weighted by atomic mass is 10.00. The Bertz CT molecular complexity index is 1020. The van der Waals surface area contributed by atoms with Gasteiger partial charge >= 0.3 is 0 Å². The van der Waals surface area contributed by atoms with Gasteiger partial charge in [0.2, 0.25) is 0 Å². The molecule has 1 fully saturated rings. The third-order valence-corrected chi connectivity index (χ3v) is 7.32. The van der Waals surface area contributed by atoms with Crippen molar-refractivity contribution in [3.05, 3.63) is 77.5 Å². The predicted octanol–water partition coefficient (Wildman–Crippen LogP) is 5.59. The molecule has 1 saturated heterocycles. The van der Waals surface area contributed by atoms with Crippen molar-refractivity contribution in [2.45, 2.75) is 53.0 Å². The maximum Gasteiger partial charge on any atom is 0.137 e. The molecule has 188 valence electrons. The van der Waals surface area contributed by atoms with Crippen LogP contribution in [-0.2, 0) is 13.0 Å². The van der Waals surface area contributed by atoms with Gasteiger partial charge < -0.3 is 9.80 Å². The van der Waals surface area contributed by atoms with Crippen LogP contribution in [0.2, 0.25) is 0 Å². The maximum absolute atomic E-state index is 5.20. The SMILES string of the molecule is CCCN(Cc1c(CC)nn(-c2ccccc2)c1N1CCN(CC)CC1)C[C@H](C)c1ccccc1. The van der Waals surface area contributed by atoms with Gasteiger partial charge in [0.15, 0.2) is 0 Å². The van der Waals surface area contributed by atoms with Gasteiger partial charge in [0, 0.05) is 44.8 Å². The van der Waals surface area contributed by atoms with Crippen molar-refractivity contribution in [3.63, 3.8) is 0 Å². The van der Waals surface area contributed by atoms with Gasteiger partial charge in [-0.05, 0) is 49.5 Å². The van der Waals surface area contributed by atoms with Crippen molar-refractivity contribution < 1.29 is 0 Å². The Kier molecular flexibility index (Phi) is 9.00. The Morgan fingerprint density at radius 1 is 0.886 bits per heavy atom. The highest BCUT2D eigenvalue weighted by molar-refractivity contribution is 5.56. The standard InChI is InChI=1S/C30H43N5/c1-5-18-33(23-25(4)26-14-10-8-11-15-26)24-28-29(6-2)31-35(27-16-12-9-13-17-27)30(28)34-21-19-32(7-3)20-22-34/h8-17,25H,5-7,18-24H2,1-4H3/t25-/m0/s1. The summed E-state index contributed by atoms with van der Waals surface area (Å²) < 4.78 is 2.22. The Labute approximate surface area is 212 Å². The molecule has 0 spiro atoms. The minimum absolute atomic E-state index is 0.494. The summed E-state index contributed by atoms with van der Waals surface area (Å²) >= 11 is 0. The van der Waals surface area contributed by atoms with E-state index in [4.69, 9.17) is 5.10 Å². The lowest BCUT2D eigenvalue weighted by molar-refractivity contribution is 0.250. The Morgan fingerprint density at radius 3 is 2.14 bits per heavy atom. The number of para-hydroxylation sites is 1. The number of nitrogens with zero attached hydrogens (tertiary/aromatic N) is 5. The average Bonchev–Trinajstić information content (AvgIpc) is 3.28. The van der Waals surface area contributed by atoms with Crippen molar-refractivity contribution in [2.24, 2.45) is 0 Å². The molecule has 0 bridgehead atoms. The first-order valence-corrected chi connectivity index (χ1v) is 13.5. The molecular formula is C30H43N5. The van der Waals surface area contributed by atoms with Crippen molar-refractivity contribution in [2.75, 3.05) is 50.7 Å². The summed E-state index contributed by atoms with van der Waals surface area (Å²) in [6, 6.07) is 21.6. The second kappa shape index (κ2) is 12.4. The molecule has 2 heterocycles. The van der Waals surface area contributed by atoms with Crippen LogP contribution in [0.3, 0.4) is 0 Å². The lowest BCUT2D eigenvalue weighted by Crippen LogP contribution is -2.47. The van der Waals surface area contributed by atoms with Gasteiger partial charge in [-0.15, -0.1) is 0 Å². The molecule has 5 nitrogen and oxygen atoms in total. The molecule has 0 aliphatic carbocycles. The van der Waals surface area contributed by atoms with Crippen molar-refractivity contribution >= 4 is 5.82 Å². The van der Waals surface area contributed by atoms with Crippen LogP contribution in [0.1, 0.15) is 56.9 Å². The van der Waals surface area contributed by atoms with Gasteiger partial charge in [-0.3, -0.25) is 4.90 Å². The van der Waals surface area contributed by atoms with E-state index in [0.29, 0.717) is 5.92 Å². The van der Waals surface area contributed by atoms with E-state index in [1.165, 1.54) is 22.6 Å². The molecule has 0 N–H and O–H groups in total. The van der Waals surface area contributed by atoms with E-state index in [2.05, 4.69) is 108 Å². The first kappa shape index (κ1) is 25.5. The number of benzene rings is 2. The molecule has 0 radical (unpaired) electrons. The number of hydrogen-bond acceptors (Lipinski definition) is 4. The molecule has 1 aliphatic heterocycles. The van der Waals surface area contributed by atoms with Gasteiger partial charge in [-0.2, -0.15) is 5.10 Å². The summed E-state index contributed by atoms with van der Waals surface area (Å²) in [4.78, 5) is 7.78. The molecule has 3 aromatic rings. The van der Waals surface area contributed by atoms with Crippen molar-refractivity contribution in [3.8, 4) is 5.69 Å². The smallest absolute Gasteiger partial charge is 0.137 e. The molecular weight excluding hydrogens is 430 g/mol. The van der Waals surface area contributed by atoms with Crippen LogP contribution >= 0.6 is 0 Å². The maximum atomic E-state index is 5.20. The molecule has 4 rings (SSSR count). The summed E-state index contributed by atoms with van der Waals surface area (Å²) in [7, 11) is 0. The Morgan fingerprint density at radius 2 is 1.54 bits per heavy atom. The van der Waals surface area contributed by atoms with Crippen molar-refractivity contribution in [1.82, 2.24) is 19.6 Å². The first-order valence-electron chi connectivity index (χ1n) is 13.5. The molecule has 0 unspecified atom stereocenters. The fraction of sp³-hybridized carbons (Fsp3) is 0.500. The van der Waals surface area contributed by atoms with E-state index in [1.54, 1.807) is 0 Å². The number of aryl methyl sites for hydroxylation is 1. The van der Waals surface area contributed by atoms with Crippen LogP contribution in [-0.4, -0.2) is 65.4 Å². The zero-order valence-electron chi connectivity index (χ0n) is 22.2. The average molecular weight is 474 g/mol. The zero-order chi connectivity index (χ0) is 24.6. The summed E-state index contributed by atoms with van der Waals surface area (Å²) in [6.45, 7) is 17.7. The van der Waals surface area contributed by atoms with E-state index in [0.717, 1.165) is 70.9 Å². The van der Waals surface area contributed by atoms with Crippen LogP contribution in [0.15, 0.2) is 60.7 Å². The van der Waals surface area contributed by atoms with E-state index >= 15 is 0 Å². The number of piperazine rings is 1. The van der Waals surface area contributed by atoms with Crippen LogP contribution < -0.4 is 4.90 Å². The number of rotatable bonds is 11. The van der Waals surface area contributed by atoms with Crippen LogP contribution in [0.5, 0.6) is 0 Å². The molecule has 1 atom stereocenters. The van der Waals surface area contributed by atoms with E-state index in [9.17, 15) is 0 Å². The molecule has 1 aromatic heterocycles. The van der Waals surface area contributed by atoms with Gasteiger partial charge in [-0.1, -0.05) is 76.2 Å². The summed E-state index contributed by atoms with van der Waals surface area (Å²) in [5.74, 6) is 1.80. The second-order valence-electron chi connectivity index (χ2n) is 9.82. The van der Waals surface area contributed by atoms with E-state index < -0.39 is 0 Å². The molecule has 1 aliphatic rings. The third-order valence-electron chi connectivity index (χ3n) is 7.32. The second-order valence-corrected chi connectivity index (χ2v) is 9.82. The number of likely N-dealkylation sites (N-methyl/N-ethyl adjacent to an activating group) is 1. The van der Waals surface area contributed by atoms with Gasteiger partial charge in [0.25, 0.3) is 0 Å². The van der Waals surface area contributed by atoms with Gasteiger partial charge in [0.05, 0.1) is 11.4 Å². The van der Waals surface area contributed by atoms with Gasteiger partial charge in [0.1, 0.15) is 5.82 Å². The number of aromatic nitrogens is 2. The molecule has 0 amide bonds. The topological polar surface area (TPSA) is 27.5 Å². The quantitative estimate of drug-likeness (QED) is 0.363. The highest BCUT2D eigenvalue weighted by Gasteiger charge is 2.27. The molecule has 35 heavy (non-hydrogen) atoms. The van der Waals surface area contributed by atoms with Crippen LogP contribution in [0.25, 0.3) is 5.69 Å². The summed E-state index contributed by atoms with van der Waals surface area (Å²) in [5.41, 5.74) is 5.21. The normalized spacial score (nSPS) is 15.6. The summed E-state index contributed by atoms with van der Waals surface area (Å²) in [6.07, 6.45) is 2.10. The highest BCUT2D eigenvalue weighted by atomic mass is 15.4. The molecule has 0 saturated carbocycles. The fourth-order valence-electron chi connectivity index (χ4n) is 5.33. The number of hydrogen-bond donors (Lipinski definition) is 0. The van der Waals surface area contributed by atoms with Gasteiger partial charge in [-0.25, -0.2) is 4.68 Å². The van der Waals surface area contributed by atoms with E-state index in [1.807, 2.05) is 0 Å². The monoisotopic (exact) mass is 473 g/mol. The Hall–Kier alpha value is -2.63. The zero-order valence-corrected chi connectivity index (χ0v) is 22.2. The minimum atomic E-state index is 0.494. The summed E-state index contributed by atoms with van der Waals surface area (Å²) in [5, 5.41) is 5.20. The Balaban J connectivity index is 1.68. The van der Waals surface area contributed by atoms with E-state index in [-0.39, 0.29) is 0 Å². The number of anilines is 1. The molecule has 2 aromatic carbocycles. The van der Waals surface area contributed by atoms with Crippen LogP contribution in [0.4, 0.5) is 5.82 Å². The molecule has 5 heteroatoms. The highest BCUT2D eigenvalue weighted by Crippen LogP contribution is 2.31. The predicted molar refractivity (Wildman–Crippen MR) is 148 cm³/mol. The van der Waals surface area contributed by atoms with Crippen molar-refractivity contribution in [1.29, 1.82) is 0 Å².